The van der Waals surface area contributed by atoms with Gasteiger partial charge in [-0.25, -0.2) is 13.1 Å². The Morgan fingerprint density at radius 2 is 1.74 bits per heavy atom. The van der Waals surface area contributed by atoms with E-state index in [-0.39, 0.29) is 29.4 Å². The van der Waals surface area contributed by atoms with Crippen molar-refractivity contribution in [3.8, 4) is 17.2 Å². The van der Waals surface area contributed by atoms with Gasteiger partial charge in [0.25, 0.3) is 0 Å². The molecule has 4 rings (SSSR count). The van der Waals surface area contributed by atoms with Gasteiger partial charge in [-0.2, -0.15) is 0 Å². The number of rotatable bonds is 7. The van der Waals surface area contributed by atoms with Crippen molar-refractivity contribution in [3.63, 3.8) is 0 Å². The summed E-state index contributed by atoms with van der Waals surface area (Å²) in [5, 5.41) is 2.95. The van der Waals surface area contributed by atoms with Gasteiger partial charge in [0.15, 0.2) is 11.5 Å². The Morgan fingerprint density at radius 1 is 1.03 bits per heavy atom. The summed E-state index contributed by atoms with van der Waals surface area (Å²) < 4.78 is 43.4. The predicted octanol–water partition coefficient (Wildman–Crippen LogP) is 3.15. The van der Waals surface area contributed by atoms with Crippen LogP contribution in [-0.4, -0.2) is 34.8 Å². The van der Waals surface area contributed by atoms with Crippen molar-refractivity contribution in [1.29, 1.82) is 0 Å². The van der Waals surface area contributed by atoms with Crippen LogP contribution in [0.1, 0.15) is 25.7 Å². The van der Waals surface area contributed by atoms with E-state index >= 15 is 0 Å². The molecule has 0 bridgehead atoms. The number of hydrogen-bond donors (Lipinski definition) is 2. The summed E-state index contributed by atoms with van der Waals surface area (Å²) in [7, 11) is -2.03. The van der Waals surface area contributed by atoms with Crippen molar-refractivity contribution in [1.82, 2.24) is 4.72 Å². The number of methoxy groups -OCH3 is 1. The van der Waals surface area contributed by atoms with E-state index in [0.29, 0.717) is 29.5 Å². The zero-order valence-corrected chi connectivity index (χ0v) is 18.1. The normalized spacial score (nSPS) is 20.3. The van der Waals surface area contributed by atoms with Crippen molar-refractivity contribution < 1.29 is 27.4 Å². The molecule has 166 valence electrons. The standard InChI is InChI=1S/C22H26N2O6S/c1-28-18-7-9-19(10-8-18)31(26,27)23-13-15-2-4-16(5-3-15)22(25)24-17-6-11-20-21(12-17)30-14-29-20/h6-12,15-16,23H,2-5,13-14H2,1H3,(H,24,25). The summed E-state index contributed by atoms with van der Waals surface area (Å²) in [5.41, 5.74) is 0.684. The SMILES string of the molecule is COc1ccc(S(=O)(=O)NCC2CCC(C(=O)Nc3ccc4c(c3)OCO4)CC2)cc1. The minimum Gasteiger partial charge on any atom is -0.497 e. The number of carbonyl (C=O) groups excluding carboxylic acids is 1. The molecule has 1 amide bonds. The Bertz CT molecular complexity index is 1030. The summed E-state index contributed by atoms with van der Waals surface area (Å²) in [5.74, 6) is 2.02. The molecule has 1 saturated carbocycles. The van der Waals surface area contributed by atoms with Crippen molar-refractivity contribution >= 4 is 21.6 Å². The summed E-state index contributed by atoms with van der Waals surface area (Å²) in [6.07, 6.45) is 3.05. The third kappa shape index (κ3) is 5.11. The van der Waals surface area contributed by atoms with E-state index in [4.69, 9.17) is 14.2 Å². The highest BCUT2D eigenvalue weighted by Crippen LogP contribution is 2.35. The molecule has 1 fully saturated rings. The van der Waals surface area contributed by atoms with Gasteiger partial charge in [-0.15, -0.1) is 0 Å². The molecular weight excluding hydrogens is 420 g/mol. The van der Waals surface area contributed by atoms with Crippen LogP contribution in [0, 0.1) is 11.8 Å². The Morgan fingerprint density at radius 3 is 2.45 bits per heavy atom. The van der Waals surface area contributed by atoms with E-state index in [1.807, 2.05) is 0 Å². The van der Waals surface area contributed by atoms with Crippen LogP contribution in [-0.2, 0) is 14.8 Å². The second-order valence-corrected chi connectivity index (χ2v) is 9.57. The number of hydrogen-bond acceptors (Lipinski definition) is 6. The molecule has 0 spiro atoms. The van der Waals surface area contributed by atoms with Gasteiger partial charge in [0.2, 0.25) is 22.7 Å². The van der Waals surface area contributed by atoms with Crippen LogP contribution in [0.3, 0.4) is 0 Å². The molecule has 2 aliphatic rings. The molecule has 2 aromatic carbocycles. The third-order valence-electron chi connectivity index (χ3n) is 5.79. The van der Waals surface area contributed by atoms with Crippen molar-refractivity contribution in [3.05, 3.63) is 42.5 Å². The number of anilines is 1. The lowest BCUT2D eigenvalue weighted by Crippen LogP contribution is -2.33. The number of fused-ring (bicyclic) bond motifs is 1. The average Bonchev–Trinajstić information content (AvgIpc) is 3.26. The lowest BCUT2D eigenvalue weighted by atomic mass is 9.81. The van der Waals surface area contributed by atoms with Crippen LogP contribution in [0.5, 0.6) is 17.2 Å². The molecule has 9 heteroatoms. The first-order valence-electron chi connectivity index (χ1n) is 10.3. The number of benzene rings is 2. The molecule has 31 heavy (non-hydrogen) atoms. The molecule has 2 aromatic rings. The molecule has 1 aliphatic heterocycles. The maximum absolute atomic E-state index is 12.6. The van der Waals surface area contributed by atoms with Crippen LogP contribution in [0.2, 0.25) is 0 Å². The molecule has 0 unspecified atom stereocenters. The monoisotopic (exact) mass is 446 g/mol. The van der Waals surface area contributed by atoms with Gasteiger partial charge in [-0.1, -0.05) is 0 Å². The van der Waals surface area contributed by atoms with E-state index in [1.165, 1.54) is 19.2 Å². The number of nitrogens with one attached hydrogen (secondary N) is 2. The van der Waals surface area contributed by atoms with E-state index in [9.17, 15) is 13.2 Å². The first kappa shape index (κ1) is 21.5. The predicted molar refractivity (Wildman–Crippen MR) is 115 cm³/mol. The summed E-state index contributed by atoms with van der Waals surface area (Å²) in [6, 6.07) is 11.6. The highest BCUT2D eigenvalue weighted by Gasteiger charge is 2.28. The van der Waals surface area contributed by atoms with Crippen LogP contribution in [0.15, 0.2) is 47.4 Å². The second-order valence-electron chi connectivity index (χ2n) is 7.80. The van der Waals surface area contributed by atoms with Gasteiger partial charge in [0.05, 0.1) is 12.0 Å². The van der Waals surface area contributed by atoms with Gasteiger partial charge in [-0.3, -0.25) is 4.79 Å². The Balaban J connectivity index is 1.25. The fourth-order valence-corrected chi connectivity index (χ4v) is 5.03. The number of ether oxygens (including phenoxy) is 3. The highest BCUT2D eigenvalue weighted by atomic mass is 32.2. The quantitative estimate of drug-likeness (QED) is 0.677. The number of sulfonamides is 1. The van der Waals surface area contributed by atoms with Crippen molar-refractivity contribution in [2.45, 2.75) is 30.6 Å². The zero-order chi connectivity index (χ0) is 21.8. The lowest BCUT2D eigenvalue weighted by Gasteiger charge is -2.28. The van der Waals surface area contributed by atoms with Gasteiger partial charge >= 0.3 is 0 Å². The van der Waals surface area contributed by atoms with Crippen LogP contribution < -0.4 is 24.2 Å². The fourth-order valence-electron chi connectivity index (χ4n) is 3.91. The molecule has 0 radical (unpaired) electrons. The highest BCUT2D eigenvalue weighted by molar-refractivity contribution is 7.89. The lowest BCUT2D eigenvalue weighted by molar-refractivity contribution is -0.121. The van der Waals surface area contributed by atoms with E-state index < -0.39 is 10.0 Å². The minimum absolute atomic E-state index is 0.0175. The molecule has 0 saturated heterocycles. The first-order chi connectivity index (χ1) is 14.9. The maximum Gasteiger partial charge on any atom is 0.240 e. The van der Waals surface area contributed by atoms with Crippen LogP contribution in [0.25, 0.3) is 0 Å². The maximum atomic E-state index is 12.6. The largest absolute Gasteiger partial charge is 0.497 e. The van der Waals surface area contributed by atoms with Crippen molar-refractivity contribution in [2.24, 2.45) is 11.8 Å². The van der Waals surface area contributed by atoms with Gasteiger partial charge < -0.3 is 19.5 Å². The summed E-state index contributed by atoms with van der Waals surface area (Å²) in [4.78, 5) is 12.8. The third-order valence-corrected chi connectivity index (χ3v) is 7.23. The molecule has 0 atom stereocenters. The molecule has 8 nitrogen and oxygen atoms in total. The van der Waals surface area contributed by atoms with E-state index in [2.05, 4.69) is 10.0 Å². The zero-order valence-electron chi connectivity index (χ0n) is 17.3. The smallest absolute Gasteiger partial charge is 0.240 e. The average molecular weight is 447 g/mol. The molecule has 1 heterocycles. The topological polar surface area (TPSA) is 103 Å². The second kappa shape index (κ2) is 9.15. The first-order valence-corrected chi connectivity index (χ1v) is 11.8. The van der Waals surface area contributed by atoms with Gasteiger partial charge in [-0.05, 0) is 68.0 Å². The molecular formula is C22H26N2O6S. The van der Waals surface area contributed by atoms with Crippen LogP contribution >= 0.6 is 0 Å². The number of amides is 1. The Labute approximate surface area is 181 Å². The Hall–Kier alpha value is -2.78. The van der Waals surface area contributed by atoms with E-state index in [0.717, 1.165) is 25.7 Å². The summed E-state index contributed by atoms with van der Waals surface area (Å²) >= 11 is 0. The Kier molecular flexibility index (Phi) is 6.33. The van der Waals surface area contributed by atoms with E-state index in [1.54, 1.807) is 30.3 Å². The summed E-state index contributed by atoms with van der Waals surface area (Å²) in [6.45, 7) is 0.559. The molecule has 2 N–H and O–H groups in total. The van der Waals surface area contributed by atoms with Crippen molar-refractivity contribution in [2.75, 3.05) is 25.8 Å². The van der Waals surface area contributed by atoms with Gasteiger partial charge in [0.1, 0.15) is 5.75 Å². The molecule has 1 aliphatic carbocycles. The van der Waals surface area contributed by atoms with Gasteiger partial charge in [0, 0.05) is 24.2 Å². The van der Waals surface area contributed by atoms with Crippen LogP contribution in [0.4, 0.5) is 5.69 Å². The molecule has 0 aromatic heterocycles. The fraction of sp³-hybridized carbons (Fsp3) is 0.409. The number of carbonyl (C=O) groups is 1. The minimum atomic E-state index is -3.57.